The van der Waals surface area contributed by atoms with Gasteiger partial charge in [-0.05, 0) is 35.4 Å². The van der Waals surface area contributed by atoms with E-state index in [-0.39, 0.29) is 30.6 Å². The molecule has 1 atom stereocenters. The number of methoxy groups -OCH3 is 1. The molecule has 0 bridgehead atoms. The van der Waals surface area contributed by atoms with Gasteiger partial charge in [-0.1, -0.05) is 24.3 Å². The summed E-state index contributed by atoms with van der Waals surface area (Å²) < 4.78 is 18.3. The minimum Gasteiger partial charge on any atom is -0.497 e. The Morgan fingerprint density at radius 3 is 2.48 bits per heavy atom. The lowest BCUT2D eigenvalue weighted by Crippen LogP contribution is -2.32. The minimum atomic E-state index is -0.448. The lowest BCUT2D eigenvalue weighted by Gasteiger charge is -2.18. The first-order valence-corrected chi connectivity index (χ1v) is 7.90. The Balaban J connectivity index is 2.00. The van der Waals surface area contributed by atoms with E-state index in [0.29, 0.717) is 11.3 Å². The molecule has 0 aliphatic carbocycles. The van der Waals surface area contributed by atoms with Crippen molar-refractivity contribution in [1.82, 2.24) is 10.6 Å². The first-order valence-electron chi connectivity index (χ1n) is 7.90. The fourth-order valence-corrected chi connectivity index (χ4v) is 2.44. The van der Waals surface area contributed by atoms with Gasteiger partial charge >= 0.3 is 0 Å². The number of rotatable bonds is 7. The van der Waals surface area contributed by atoms with E-state index in [1.54, 1.807) is 43.5 Å². The van der Waals surface area contributed by atoms with E-state index in [2.05, 4.69) is 10.6 Å². The van der Waals surface area contributed by atoms with Gasteiger partial charge in [-0.15, -0.1) is 0 Å². The van der Waals surface area contributed by atoms with E-state index in [9.17, 15) is 14.0 Å². The summed E-state index contributed by atoms with van der Waals surface area (Å²) >= 11 is 0. The van der Waals surface area contributed by atoms with Gasteiger partial charge in [-0.3, -0.25) is 9.59 Å². The molecule has 6 heteroatoms. The summed E-state index contributed by atoms with van der Waals surface area (Å²) in [6, 6.07) is 12.8. The zero-order chi connectivity index (χ0) is 18.2. The zero-order valence-corrected chi connectivity index (χ0v) is 14.2. The quantitative estimate of drug-likeness (QED) is 0.811. The van der Waals surface area contributed by atoms with Crippen LogP contribution in [0, 0.1) is 5.82 Å². The molecule has 2 amide bonds. The van der Waals surface area contributed by atoms with Crippen LogP contribution in [0.5, 0.6) is 5.75 Å². The van der Waals surface area contributed by atoms with E-state index in [4.69, 9.17) is 4.74 Å². The van der Waals surface area contributed by atoms with Crippen molar-refractivity contribution in [2.24, 2.45) is 0 Å². The highest BCUT2D eigenvalue weighted by Crippen LogP contribution is 2.20. The Hall–Kier alpha value is -2.89. The van der Waals surface area contributed by atoms with Crippen molar-refractivity contribution in [1.29, 1.82) is 0 Å². The number of carbonyl (C=O) groups is 2. The molecule has 0 aromatic heterocycles. The molecule has 0 fully saturated rings. The number of amides is 2. The van der Waals surface area contributed by atoms with Gasteiger partial charge in [0.15, 0.2) is 0 Å². The molecule has 2 aromatic carbocycles. The van der Waals surface area contributed by atoms with Crippen LogP contribution in [-0.4, -0.2) is 18.9 Å². The largest absolute Gasteiger partial charge is 0.497 e. The van der Waals surface area contributed by atoms with E-state index in [1.165, 1.54) is 19.1 Å². The number of hydrogen-bond donors (Lipinski definition) is 2. The number of hydrogen-bond acceptors (Lipinski definition) is 3. The average Bonchev–Trinajstić information content (AvgIpc) is 2.59. The second kappa shape index (κ2) is 8.82. The van der Waals surface area contributed by atoms with Crippen LogP contribution in [0.4, 0.5) is 4.39 Å². The number of benzene rings is 2. The van der Waals surface area contributed by atoms with Crippen molar-refractivity contribution in [3.63, 3.8) is 0 Å². The number of ether oxygens (including phenoxy) is 1. The fraction of sp³-hybridized carbons (Fsp3) is 0.263. The highest BCUT2D eigenvalue weighted by atomic mass is 19.1. The molecule has 0 saturated carbocycles. The number of halogens is 1. The van der Waals surface area contributed by atoms with E-state index >= 15 is 0 Å². The third-order valence-electron chi connectivity index (χ3n) is 3.66. The molecule has 132 valence electrons. The predicted octanol–water partition coefficient (Wildman–Crippen LogP) is 2.72. The molecule has 2 rings (SSSR count). The first kappa shape index (κ1) is 18.4. The molecule has 0 radical (unpaired) electrons. The molecule has 2 aromatic rings. The molecule has 2 N–H and O–H groups in total. The summed E-state index contributed by atoms with van der Waals surface area (Å²) in [6.07, 6.45) is 0.0845. The third-order valence-corrected chi connectivity index (χ3v) is 3.66. The van der Waals surface area contributed by atoms with Crippen LogP contribution in [0.15, 0.2) is 48.5 Å². The highest BCUT2D eigenvalue weighted by Gasteiger charge is 2.17. The average molecular weight is 344 g/mol. The fourth-order valence-electron chi connectivity index (χ4n) is 2.44. The SMILES string of the molecule is COc1ccc(C(CC(=O)NCc2cccc(F)c2)NC(C)=O)cc1. The van der Waals surface area contributed by atoms with Crippen LogP contribution in [0.25, 0.3) is 0 Å². The minimum absolute atomic E-state index is 0.0845. The molecule has 1 unspecified atom stereocenters. The summed E-state index contributed by atoms with van der Waals surface area (Å²) in [4.78, 5) is 23.6. The van der Waals surface area contributed by atoms with E-state index in [0.717, 1.165) is 5.56 Å². The first-order chi connectivity index (χ1) is 12.0. The lowest BCUT2D eigenvalue weighted by atomic mass is 10.0. The Morgan fingerprint density at radius 2 is 1.88 bits per heavy atom. The summed E-state index contributed by atoms with van der Waals surface area (Å²) in [5.41, 5.74) is 1.48. The molecular formula is C19H21FN2O3. The van der Waals surface area contributed by atoms with E-state index in [1.807, 2.05) is 0 Å². The van der Waals surface area contributed by atoms with Crippen LogP contribution < -0.4 is 15.4 Å². The van der Waals surface area contributed by atoms with Crippen molar-refractivity contribution < 1.29 is 18.7 Å². The van der Waals surface area contributed by atoms with Gasteiger partial charge in [-0.25, -0.2) is 4.39 Å². The standard InChI is InChI=1S/C19H21FN2O3/c1-13(23)22-18(15-6-8-17(25-2)9-7-15)11-19(24)21-12-14-4-3-5-16(20)10-14/h3-10,18H,11-12H2,1-2H3,(H,21,24)(H,22,23). The molecule has 5 nitrogen and oxygen atoms in total. The highest BCUT2D eigenvalue weighted by molar-refractivity contribution is 5.79. The van der Waals surface area contributed by atoms with Gasteiger partial charge in [0.05, 0.1) is 19.6 Å². The molecule has 0 heterocycles. The number of nitrogens with one attached hydrogen (secondary N) is 2. The third kappa shape index (κ3) is 5.91. The monoisotopic (exact) mass is 344 g/mol. The second-order valence-electron chi connectivity index (χ2n) is 5.64. The number of carbonyl (C=O) groups excluding carboxylic acids is 2. The topological polar surface area (TPSA) is 67.4 Å². The summed E-state index contributed by atoms with van der Waals surface area (Å²) in [7, 11) is 1.57. The maximum atomic E-state index is 13.2. The van der Waals surface area contributed by atoms with Gasteiger partial charge < -0.3 is 15.4 Å². The van der Waals surface area contributed by atoms with Gasteiger partial charge in [0.2, 0.25) is 11.8 Å². The molecular weight excluding hydrogens is 323 g/mol. The van der Waals surface area contributed by atoms with Crippen molar-refractivity contribution in [3.8, 4) is 5.75 Å². The van der Waals surface area contributed by atoms with Crippen LogP contribution >= 0.6 is 0 Å². The van der Waals surface area contributed by atoms with Gasteiger partial charge in [-0.2, -0.15) is 0 Å². The molecule has 0 spiro atoms. The lowest BCUT2D eigenvalue weighted by molar-refractivity contribution is -0.122. The smallest absolute Gasteiger partial charge is 0.222 e. The Bertz CT molecular complexity index is 732. The van der Waals surface area contributed by atoms with Gasteiger partial charge in [0.25, 0.3) is 0 Å². The predicted molar refractivity (Wildman–Crippen MR) is 92.4 cm³/mol. The second-order valence-corrected chi connectivity index (χ2v) is 5.64. The Kier molecular flexibility index (Phi) is 6.51. The van der Waals surface area contributed by atoms with Crippen molar-refractivity contribution in [2.45, 2.75) is 25.9 Å². The van der Waals surface area contributed by atoms with Gasteiger partial charge in [0.1, 0.15) is 11.6 Å². The molecule has 0 aliphatic rings. The van der Waals surface area contributed by atoms with Crippen LogP contribution in [0.2, 0.25) is 0 Å². The zero-order valence-electron chi connectivity index (χ0n) is 14.2. The van der Waals surface area contributed by atoms with Crippen LogP contribution in [-0.2, 0) is 16.1 Å². The van der Waals surface area contributed by atoms with Gasteiger partial charge in [0, 0.05) is 13.5 Å². The summed E-state index contributed by atoms with van der Waals surface area (Å²) in [6.45, 7) is 1.63. The van der Waals surface area contributed by atoms with Crippen LogP contribution in [0.1, 0.15) is 30.5 Å². The summed E-state index contributed by atoms with van der Waals surface area (Å²) in [5, 5.41) is 5.51. The summed E-state index contributed by atoms with van der Waals surface area (Å²) in [5.74, 6) is -0.112. The van der Waals surface area contributed by atoms with E-state index < -0.39 is 6.04 Å². The van der Waals surface area contributed by atoms with Crippen molar-refractivity contribution in [2.75, 3.05) is 7.11 Å². The molecule has 0 aliphatic heterocycles. The van der Waals surface area contributed by atoms with Crippen molar-refractivity contribution >= 4 is 11.8 Å². The molecule has 0 saturated heterocycles. The normalized spacial score (nSPS) is 11.5. The maximum absolute atomic E-state index is 13.2. The molecule has 25 heavy (non-hydrogen) atoms. The Labute approximate surface area is 146 Å². The Morgan fingerprint density at radius 1 is 1.16 bits per heavy atom. The maximum Gasteiger partial charge on any atom is 0.222 e. The van der Waals surface area contributed by atoms with Crippen LogP contribution in [0.3, 0.4) is 0 Å². The van der Waals surface area contributed by atoms with Crippen molar-refractivity contribution in [3.05, 3.63) is 65.5 Å².